The molecule has 2 fully saturated rings. The van der Waals surface area contributed by atoms with Gasteiger partial charge in [0.2, 0.25) is 11.9 Å². The number of nitrogen functional groups attached to an aromatic ring is 2. The molecule has 0 spiro atoms. The first-order valence-corrected chi connectivity index (χ1v) is 23.9. The molecule has 0 aliphatic carbocycles. The van der Waals surface area contributed by atoms with Crippen molar-refractivity contribution in [2.45, 2.75) is 55.2 Å². The van der Waals surface area contributed by atoms with Crippen molar-refractivity contribution in [3.63, 3.8) is 0 Å². The Bertz CT molecular complexity index is 2640. The maximum Gasteiger partial charge on any atom is 0.472 e. The monoisotopic (exact) mass is 1020 g/mol. The van der Waals surface area contributed by atoms with Crippen LogP contribution in [0, 0.1) is 0 Å². The van der Waals surface area contributed by atoms with Gasteiger partial charge >= 0.3 is 23.5 Å². The van der Waals surface area contributed by atoms with Gasteiger partial charge in [-0.15, -0.1) is 0 Å². The minimum absolute atomic E-state index is 0.0301. The Labute approximate surface area is 373 Å². The maximum absolute atomic E-state index is 13.0. The highest BCUT2D eigenvalue weighted by Gasteiger charge is 2.50. The molecule has 3 aliphatic heterocycles. The Hall–Kier alpha value is -4.17. The lowest BCUT2D eigenvalue weighted by atomic mass is 10.1. The molecule has 14 N–H and O–H groups in total. The summed E-state index contributed by atoms with van der Waals surface area (Å²) in [4.78, 5) is 84.1. The van der Waals surface area contributed by atoms with Gasteiger partial charge in [-0.1, -0.05) is 11.6 Å². The summed E-state index contributed by atoms with van der Waals surface area (Å²) < 4.78 is 79.3. The molecule has 3 aliphatic rings. The summed E-state index contributed by atoms with van der Waals surface area (Å²) in [5.74, 6) is -0.125. The standard InChI is InChI=1S/C31H42ClN10O21P3/c32-13-1-3-14(4-2-13)56-6-5-40-12-42(25-19(40)27(48)39-31(34)37-25)29-23(46)21(44)17(62-29)10-60-66(54,55)58-8-15(63-64(49,50)51)7-57-65(52,53)59-9-16-20(43)22(45)28(61-16)41-11-35-18-24(41)36-30(33)38-26(18)47/h1-4,11,15-17,20-23,28-29,43-46H,5-10,12H2,(H,52,53)(H,54,55)(H2,49,50,51)(H3,33,36,38,47)(H3,34,37,39,48)/t15?,16-,17-,20-,21-,22-,23-,28-,29-/m1/s1. The smallest absolute Gasteiger partial charge is 0.472 e. The van der Waals surface area contributed by atoms with Crippen molar-refractivity contribution in [1.82, 2.24) is 29.5 Å². The number of benzene rings is 1. The van der Waals surface area contributed by atoms with E-state index >= 15 is 0 Å². The van der Waals surface area contributed by atoms with Crippen LogP contribution in [-0.4, -0.2) is 165 Å². The summed E-state index contributed by atoms with van der Waals surface area (Å²) in [5, 5.41) is 43.5. The molecule has 1 aromatic carbocycles. The molecule has 6 heterocycles. The number of imidazole rings is 1. The van der Waals surface area contributed by atoms with Crippen LogP contribution >= 0.6 is 35.1 Å². The number of H-pyrrole nitrogens is 2. The second-order valence-electron chi connectivity index (χ2n) is 14.5. The number of ether oxygens (including phenoxy) is 3. The Morgan fingerprint density at radius 3 is 1.97 bits per heavy atom. The fourth-order valence-corrected chi connectivity index (χ4v) is 9.05. The Morgan fingerprint density at radius 2 is 1.36 bits per heavy atom. The van der Waals surface area contributed by atoms with Crippen LogP contribution < -0.4 is 37.1 Å². The lowest BCUT2D eigenvalue weighted by Crippen LogP contribution is -2.46. The average molecular weight is 1020 g/mol. The quantitative estimate of drug-likeness (QED) is 0.0398. The van der Waals surface area contributed by atoms with E-state index in [1.807, 2.05) is 0 Å². The Balaban J connectivity index is 0.915. The lowest BCUT2D eigenvalue weighted by molar-refractivity contribution is -0.0527. The molecule has 31 nitrogen and oxygen atoms in total. The molecule has 4 aromatic rings. The van der Waals surface area contributed by atoms with Crippen LogP contribution in [0.1, 0.15) is 6.23 Å². The number of aromatic nitrogens is 6. The van der Waals surface area contributed by atoms with E-state index in [0.717, 1.165) is 10.9 Å². The zero-order valence-electron chi connectivity index (χ0n) is 33.5. The highest BCUT2D eigenvalue weighted by Crippen LogP contribution is 2.48. The summed E-state index contributed by atoms with van der Waals surface area (Å²) in [6.07, 6.45) is -14.0. The van der Waals surface area contributed by atoms with Crippen molar-refractivity contribution in [1.29, 1.82) is 0 Å². The summed E-state index contributed by atoms with van der Waals surface area (Å²) in [6.45, 7) is -4.35. The Morgan fingerprint density at radius 1 is 0.803 bits per heavy atom. The molecular formula is C31H42ClN10O21P3. The number of aliphatic hydroxyl groups excluding tert-OH is 4. The number of nitrogens with zero attached hydrogens (tertiary/aromatic N) is 6. The van der Waals surface area contributed by atoms with E-state index in [9.17, 15) is 63.3 Å². The number of halogens is 1. The first-order chi connectivity index (χ1) is 31.0. The highest BCUT2D eigenvalue weighted by molar-refractivity contribution is 7.47. The van der Waals surface area contributed by atoms with E-state index in [4.69, 9.17) is 55.4 Å². The van der Waals surface area contributed by atoms with Crippen LogP contribution in [0.15, 0.2) is 40.2 Å². The Kier molecular flexibility index (Phi) is 14.9. The second kappa shape index (κ2) is 19.8. The van der Waals surface area contributed by atoms with Gasteiger partial charge < -0.3 is 75.5 Å². The minimum atomic E-state index is -5.45. The second-order valence-corrected chi connectivity index (χ2v) is 19.0. The van der Waals surface area contributed by atoms with E-state index in [1.54, 1.807) is 29.2 Å². The van der Waals surface area contributed by atoms with E-state index < -0.39 is 116 Å². The van der Waals surface area contributed by atoms with Gasteiger partial charge in [-0.2, -0.15) is 9.97 Å². The third kappa shape index (κ3) is 11.6. The molecule has 2 saturated heterocycles. The van der Waals surface area contributed by atoms with Crippen LogP contribution in [0.3, 0.4) is 0 Å². The molecule has 3 aromatic heterocycles. The van der Waals surface area contributed by atoms with Gasteiger partial charge in [0, 0.05) is 5.02 Å². The molecule has 7 rings (SSSR count). The van der Waals surface area contributed by atoms with Crippen molar-refractivity contribution in [3.05, 3.63) is 56.3 Å². The van der Waals surface area contributed by atoms with Gasteiger partial charge in [-0.3, -0.25) is 46.7 Å². The highest BCUT2D eigenvalue weighted by atomic mass is 35.5. The largest absolute Gasteiger partial charge is 0.492 e. The number of nitrogens with one attached hydrogen (secondary N) is 2. The van der Waals surface area contributed by atoms with Crippen LogP contribution in [0.5, 0.6) is 5.75 Å². The number of aliphatic hydroxyl groups is 4. The van der Waals surface area contributed by atoms with Gasteiger partial charge in [-0.25, -0.2) is 18.7 Å². The fourth-order valence-electron chi connectivity index (χ4n) is 6.88. The topological polar surface area (TPSA) is 455 Å². The number of nitrogens with two attached hydrogens (primary N) is 2. The lowest BCUT2D eigenvalue weighted by Gasteiger charge is -2.28. The summed E-state index contributed by atoms with van der Waals surface area (Å²) in [7, 11) is -16.0. The number of fused-ring (bicyclic) bond motifs is 2. The molecule has 0 saturated carbocycles. The molecule has 35 heteroatoms. The molecule has 11 atom stereocenters. The molecule has 0 radical (unpaired) electrons. The number of hydrogen-bond acceptors (Lipinski definition) is 24. The van der Waals surface area contributed by atoms with Crippen molar-refractivity contribution in [3.8, 4) is 5.75 Å². The maximum atomic E-state index is 13.0. The summed E-state index contributed by atoms with van der Waals surface area (Å²) >= 11 is 5.92. The predicted octanol–water partition coefficient (Wildman–Crippen LogP) is -2.81. The van der Waals surface area contributed by atoms with Crippen LogP contribution in [0.4, 0.5) is 23.4 Å². The van der Waals surface area contributed by atoms with Gasteiger partial charge in [-0.05, 0) is 24.3 Å². The van der Waals surface area contributed by atoms with E-state index in [1.165, 1.54) is 4.90 Å². The van der Waals surface area contributed by atoms with Crippen molar-refractivity contribution >= 4 is 69.6 Å². The van der Waals surface area contributed by atoms with Gasteiger partial charge in [0.1, 0.15) is 60.8 Å². The molecule has 66 heavy (non-hydrogen) atoms. The van der Waals surface area contributed by atoms with Gasteiger partial charge in [0.15, 0.2) is 29.4 Å². The van der Waals surface area contributed by atoms with Crippen LogP contribution in [0.25, 0.3) is 11.2 Å². The third-order valence-electron chi connectivity index (χ3n) is 9.89. The predicted molar refractivity (Wildman–Crippen MR) is 220 cm³/mol. The zero-order valence-corrected chi connectivity index (χ0v) is 36.9. The number of anilines is 4. The van der Waals surface area contributed by atoms with Crippen LogP contribution in [0.2, 0.25) is 5.02 Å². The van der Waals surface area contributed by atoms with E-state index in [-0.39, 0.29) is 54.4 Å². The van der Waals surface area contributed by atoms with Crippen LogP contribution in [-0.2, 0) is 45.8 Å². The summed E-state index contributed by atoms with van der Waals surface area (Å²) in [5.41, 5.74) is 9.74. The molecule has 3 unspecified atom stereocenters. The van der Waals surface area contributed by atoms with E-state index in [0.29, 0.717) is 10.8 Å². The molecule has 0 bridgehead atoms. The van der Waals surface area contributed by atoms with E-state index in [2.05, 4.69) is 29.4 Å². The number of hydrogen-bond donors (Lipinski definition) is 12. The SMILES string of the molecule is Nc1nc2c(c(=O)[nH]1)N(CCOc1ccc(Cl)cc1)CN2[C@@H]1O[C@H](COP(=O)(O)OCC(COP(=O)(O)OC[C@H]2O[C@@H](n3cnc4c(=O)[nH]c(N)nc43)[C@H](O)[C@@H]2O)OP(=O)(O)O)[C@@H](O)[C@H]1O. The number of phosphoric acid groups is 3. The number of phosphoric ester groups is 3. The van der Waals surface area contributed by atoms with Crippen molar-refractivity contribution in [2.75, 3.05) is 67.5 Å². The first-order valence-electron chi connectivity index (χ1n) is 19.0. The van der Waals surface area contributed by atoms with Gasteiger partial charge in [0.25, 0.3) is 11.1 Å². The van der Waals surface area contributed by atoms with Crippen molar-refractivity contribution < 1.29 is 90.5 Å². The minimum Gasteiger partial charge on any atom is -0.492 e. The first kappa shape index (κ1) is 49.7. The van der Waals surface area contributed by atoms with Crippen molar-refractivity contribution in [2.24, 2.45) is 0 Å². The number of aromatic amines is 2. The zero-order chi connectivity index (χ0) is 47.9. The fraction of sp³-hybridized carbons (Fsp3) is 0.516. The van der Waals surface area contributed by atoms with Gasteiger partial charge in [0.05, 0.1) is 46.0 Å². The summed E-state index contributed by atoms with van der Waals surface area (Å²) in [6, 6.07) is 6.52. The average Bonchev–Trinajstić information content (AvgIpc) is 3.97. The molecule has 0 amide bonds. The third-order valence-corrected chi connectivity index (χ3v) is 12.6. The normalized spacial score (nSPS) is 26.7. The number of rotatable bonds is 20. The molecule has 364 valence electrons. The molecular weight excluding hydrogens is 977 g/mol.